The number of hydrogen-bond acceptors (Lipinski definition) is 6. The number of carbonyl (C=O) groups is 2. The average Bonchev–Trinajstić information content (AvgIpc) is 3.31. The molecule has 9 heteroatoms. The summed E-state index contributed by atoms with van der Waals surface area (Å²) in [5.74, 6) is 1.10. The van der Waals surface area contributed by atoms with E-state index < -0.39 is 0 Å². The molecule has 1 aliphatic heterocycles. The number of carbonyl (C=O) groups excluding carboxylic acids is 2. The Morgan fingerprint density at radius 2 is 1.75 bits per heavy atom. The highest BCUT2D eigenvalue weighted by atomic mass is 32.2. The lowest BCUT2D eigenvalue weighted by atomic mass is 9.97. The number of hydrogen-bond donors (Lipinski definition) is 1. The van der Waals surface area contributed by atoms with E-state index in [-0.39, 0.29) is 29.4 Å². The van der Waals surface area contributed by atoms with Crippen LogP contribution in [0, 0.1) is 6.92 Å². The van der Waals surface area contributed by atoms with Gasteiger partial charge < -0.3 is 14.8 Å². The summed E-state index contributed by atoms with van der Waals surface area (Å²) in [4.78, 5) is 28.4. The normalized spacial score (nSPS) is 14.9. The van der Waals surface area contributed by atoms with Gasteiger partial charge in [0.05, 0.1) is 36.1 Å². The van der Waals surface area contributed by atoms with Gasteiger partial charge in [0.2, 0.25) is 11.8 Å². The molecule has 8 nitrogen and oxygen atoms in total. The predicted molar refractivity (Wildman–Crippen MR) is 158 cm³/mol. The van der Waals surface area contributed by atoms with Crippen LogP contribution in [0.2, 0.25) is 0 Å². The first-order chi connectivity index (χ1) is 19.5. The summed E-state index contributed by atoms with van der Waals surface area (Å²) in [6, 6.07) is 25.7. The summed E-state index contributed by atoms with van der Waals surface area (Å²) < 4.78 is 12.2. The fraction of sp³-hybridized carbons (Fsp3) is 0.258. The maximum absolute atomic E-state index is 13.8. The molecule has 2 amide bonds. The summed E-state index contributed by atoms with van der Waals surface area (Å²) in [5, 5.41) is 7.80. The van der Waals surface area contributed by atoms with Gasteiger partial charge in [-0.3, -0.25) is 14.5 Å². The molecule has 0 bridgehead atoms. The van der Waals surface area contributed by atoms with Gasteiger partial charge in [-0.25, -0.2) is 4.68 Å². The molecule has 0 aliphatic carbocycles. The molecule has 1 atom stereocenters. The van der Waals surface area contributed by atoms with Gasteiger partial charge in [-0.2, -0.15) is 5.10 Å². The van der Waals surface area contributed by atoms with Crippen molar-refractivity contribution < 1.29 is 19.1 Å². The van der Waals surface area contributed by atoms with E-state index in [4.69, 9.17) is 14.6 Å². The number of aromatic nitrogens is 2. The molecule has 0 spiro atoms. The molecule has 1 aliphatic rings. The number of benzene rings is 3. The van der Waals surface area contributed by atoms with Crippen molar-refractivity contribution in [2.45, 2.75) is 12.2 Å². The SMILES string of the molecule is COCCNC(=O)CN1C(=O)CS[C@H](c2ccccc2C)c2c(-c3ccccc3)nn(-c3ccc(OC)cc3)c21. The Labute approximate surface area is 238 Å². The van der Waals surface area contributed by atoms with Crippen molar-refractivity contribution in [3.63, 3.8) is 0 Å². The molecule has 5 rings (SSSR count). The Kier molecular flexibility index (Phi) is 8.52. The van der Waals surface area contributed by atoms with Gasteiger partial charge in [0.1, 0.15) is 18.1 Å². The molecular formula is C31H32N4O4S. The van der Waals surface area contributed by atoms with Crippen molar-refractivity contribution in [3.05, 3.63) is 95.6 Å². The van der Waals surface area contributed by atoms with Crippen LogP contribution in [0.3, 0.4) is 0 Å². The fourth-order valence-electron chi connectivity index (χ4n) is 4.85. The number of thioether (sulfide) groups is 1. The van der Waals surface area contributed by atoms with E-state index in [2.05, 4.69) is 24.4 Å². The number of amides is 2. The lowest BCUT2D eigenvalue weighted by Gasteiger charge is -2.23. The Morgan fingerprint density at radius 3 is 2.45 bits per heavy atom. The van der Waals surface area contributed by atoms with Crippen molar-refractivity contribution in [2.24, 2.45) is 0 Å². The van der Waals surface area contributed by atoms with Crippen LogP contribution in [0.5, 0.6) is 5.75 Å². The first kappa shape index (κ1) is 27.5. The first-order valence-corrected chi connectivity index (χ1v) is 14.1. The third kappa shape index (κ3) is 5.61. The number of nitrogens with one attached hydrogen (secondary N) is 1. The van der Waals surface area contributed by atoms with Crippen LogP contribution in [0.4, 0.5) is 5.82 Å². The zero-order valence-corrected chi connectivity index (χ0v) is 23.6. The van der Waals surface area contributed by atoms with E-state index in [0.29, 0.717) is 24.7 Å². The molecular weight excluding hydrogens is 524 g/mol. The van der Waals surface area contributed by atoms with E-state index in [1.807, 2.05) is 66.7 Å². The maximum Gasteiger partial charge on any atom is 0.240 e. The van der Waals surface area contributed by atoms with Crippen LogP contribution in [-0.2, 0) is 14.3 Å². The van der Waals surface area contributed by atoms with Crippen LogP contribution in [0.25, 0.3) is 16.9 Å². The van der Waals surface area contributed by atoms with Crippen LogP contribution >= 0.6 is 11.8 Å². The summed E-state index contributed by atoms with van der Waals surface area (Å²) in [6.45, 7) is 2.70. The standard InChI is InChI=1S/C31H32N4O4S/c1-21-9-7-8-12-25(21)30-28-29(22-10-5-4-6-11-22)33-35(23-13-15-24(39-3)16-14-23)31(28)34(27(37)20-40-30)19-26(36)32-17-18-38-2/h4-16,30H,17-20H2,1-3H3,(H,32,36)/t30-/m1/s1. The number of methoxy groups -OCH3 is 2. The van der Waals surface area contributed by atoms with E-state index in [1.54, 1.807) is 35.6 Å². The Morgan fingerprint density at radius 1 is 1.02 bits per heavy atom. The number of rotatable bonds is 9. The molecule has 0 unspecified atom stereocenters. The molecule has 0 radical (unpaired) electrons. The molecule has 1 N–H and O–H groups in total. The minimum atomic E-state index is -0.264. The second-order valence-electron chi connectivity index (χ2n) is 9.43. The minimum Gasteiger partial charge on any atom is -0.497 e. The van der Waals surface area contributed by atoms with Crippen molar-refractivity contribution >= 4 is 29.4 Å². The minimum absolute atomic E-state index is 0.132. The third-order valence-electron chi connectivity index (χ3n) is 6.85. The van der Waals surface area contributed by atoms with Crippen LogP contribution in [-0.4, -0.2) is 61.3 Å². The van der Waals surface area contributed by atoms with Crippen molar-refractivity contribution in [3.8, 4) is 22.7 Å². The smallest absolute Gasteiger partial charge is 0.240 e. The largest absolute Gasteiger partial charge is 0.497 e. The molecule has 0 fully saturated rings. The lowest BCUT2D eigenvalue weighted by molar-refractivity contribution is -0.123. The summed E-state index contributed by atoms with van der Waals surface area (Å²) >= 11 is 1.56. The predicted octanol–water partition coefficient (Wildman–Crippen LogP) is 4.79. The number of nitrogens with zero attached hydrogens (tertiary/aromatic N) is 3. The summed E-state index contributed by atoms with van der Waals surface area (Å²) in [5.41, 5.74) is 5.60. The van der Waals surface area contributed by atoms with E-state index in [9.17, 15) is 9.59 Å². The van der Waals surface area contributed by atoms with Crippen molar-refractivity contribution in [1.29, 1.82) is 0 Å². The Bertz CT molecular complexity index is 1490. The van der Waals surface area contributed by atoms with E-state index in [1.165, 1.54) is 0 Å². The molecule has 40 heavy (non-hydrogen) atoms. The van der Waals surface area contributed by atoms with Crippen molar-refractivity contribution in [2.75, 3.05) is 44.6 Å². The van der Waals surface area contributed by atoms with Gasteiger partial charge in [0.15, 0.2) is 0 Å². The second kappa shape index (κ2) is 12.4. The number of ether oxygens (including phenoxy) is 2. The van der Waals surface area contributed by atoms with E-state index in [0.717, 1.165) is 33.6 Å². The Hall–Kier alpha value is -4.08. The van der Waals surface area contributed by atoms with Crippen LogP contribution in [0.15, 0.2) is 78.9 Å². The maximum atomic E-state index is 13.8. The highest BCUT2D eigenvalue weighted by molar-refractivity contribution is 8.00. The molecule has 4 aromatic rings. The monoisotopic (exact) mass is 556 g/mol. The molecule has 2 heterocycles. The Balaban J connectivity index is 1.75. The van der Waals surface area contributed by atoms with E-state index >= 15 is 0 Å². The fourth-order valence-corrected chi connectivity index (χ4v) is 6.14. The van der Waals surface area contributed by atoms with Gasteiger partial charge in [-0.1, -0.05) is 54.6 Å². The summed E-state index contributed by atoms with van der Waals surface area (Å²) in [7, 11) is 3.20. The molecule has 0 saturated heterocycles. The number of anilines is 1. The molecule has 1 aromatic heterocycles. The second-order valence-corrected chi connectivity index (χ2v) is 10.5. The van der Waals surface area contributed by atoms with Crippen molar-refractivity contribution in [1.82, 2.24) is 15.1 Å². The highest BCUT2D eigenvalue weighted by Crippen LogP contribution is 2.49. The van der Waals surface area contributed by atoms with Gasteiger partial charge >= 0.3 is 0 Å². The third-order valence-corrected chi connectivity index (χ3v) is 8.09. The molecule has 0 saturated carbocycles. The molecule has 3 aromatic carbocycles. The zero-order valence-electron chi connectivity index (χ0n) is 22.8. The number of aryl methyl sites for hydroxylation is 1. The van der Waals surface area contributed by atoms with Gasteiger partial charge in [-0.05, 0) is 42.3 Å². The average molecular weight is 557 g/mol. The van der Waals surface area contributed by atoms with Gasteiger partial charge in [-0.15, -0.1) is 11.8 Å². The van der Waals surface area contributed by atoms with Gasteiger partial charge in [0, 0.05) is 24.8 Å². The summed E-state index contributed by atoms with van der Waals surface area (Å²) in [6.07, 6.45) is 0. The quantitative estimate of drug-likeness (QED) is 0.299. The highest BCUT2D eigenvalue weighted by Gasteiger charge is 2.38. The van der Waals surface area contributed by atoms with Crippen LogP contribution in [0.1, 0.15) is 21.9 Å². The topological polar surface area (TPSA) is 85.7 Å². The zero-order chi connectivity index (χ0) is 28.1. The lowest BCUT2D eigenvalue weighted by Crippen LogP contribution is -2.43. The first-order valence-electron chi connectivity index (χ1n) is 13.1. The molecule has 206 valence electrons. The number of fused-ring (bicyclic) bond motifs is 1. The van der Waals surface area contributed by atoms with Gasteiger partial charge in [0.25, 0.3) is 0 Å². The van der Waals surface area contributed by atoms with Crippen LogP contribution < -0.4 is 15.0 Å².